The number of hydrogen-bond donors (Lipinski definition) is 0. The molecule has 0 aliphatic carbocycles. The average Bonchev–Trinajstić information content (AvgIpc) is 2.85. The summed E-state index contributed by atoms with van der Waals surface area (Å²) in [5.74, 6) is 0. The zero-order valence-electron chi connectivity index (χ0n) is 12.0. The molecule has 22 heavy (non-hydrogen) atoms. The number of nitriles is 1. The van der Waals surface area contributed by atoms with Crippen LogP contribution in [0.5, 0.6) is 0 Å². The first-order valence-corrected chi connectivity index (χ1v) is 7.36. The van der Waals surface area contributed by atoms with E-state index in [9.17, 15) is 14.9 Å². The topological polar surface area (TPSA) is 79.0 Å². The molecule has 7 heteroatoms. The molecule has 0 unspecified atom stereocenters. The molecule has 0 saturated heterocycles. The number of anilines is 1. The second kappa shape index (κ2) is 5.31. The summed E-state index contributed by atoms with van der Waals surface area (Å²) in [5.41, 5.74) is 1.56. The summed E-state index contributed by atoms with van der Waals surface area (Å²) in [6.45, 7) is 0.118. The van der Waals surface area contributed by atoms with Gasteiger partial charge in [-0.1, -0.05) is 12.1 Å². The van der Waals surface area contributed by atoms with E-state index in [1.807, 2.05) is 49.3 Å². The number of carbonyl (C=O) groups is 1. The van der Waals surface area contributed by atoms with Crippen molar-refractivity contribution in [2.24, 2.45) is 0 Å². The highest BCUT2D eigenvalue weighted by Crippen LogP contribution is 2.32. The van der Waals surface area contributed by atoms with Crippen molar-refractivity contribution in [1.29, 1.82) is 5.26 Å². The molecule has 6 nitrogen and oxygen atoms in total. The molecule has 1 aromatic carbocycles. The lowest BCUT2D eigenvalue weighted by atomic mass is 10.1. The molecule has 0 N–H and O–H groups in total. The van der Waals surface area contributed by atoms with Crippen LogP contribution in [0.3, 0.4) is 0 Å². The highest BCUT2D eigenvalue weighted by Gasteiger charge is 2.27. The van der Waals surface area contributed by atoms with E-state index in [-0.39, 0.29) is 17.2 Å². The van der Waals surface area contributed by atoms with Gasteiger partial charge in [0.15, 0.2) is 5.16 Å². The zero-order valence-corrected chi connectivity index (χ0v) is 12.8. The first-order valence-electron chi connectivity index (χ1n) is 6.54. The van der Waals surface area contributed by atoms with E-state index in [1.165, 1.54) is 0 Å². The van der Waals surface area contributed by atoms with Gasteiger partial charge in [0.25, 0.3) is 5.56 Å². The largest absolute Gasteiger partial charge is 0.378 e. The minimum atomic E-state index is -0.595. The molecular formula is C15H12N4O2S. The summed E-state index contributed by atoms with van der Waals surface area (Å²) in [4.78, 5) is 29.4. The molecule has 0 radical (unpaired) electrons. The van der Waals surface area contributed by atoms with Crippen LogP contribution in [-0.4, -0.2) is 28.8 Å². The fourth-order valence-corrected chi connectivity index (χ4v) is 3.13. The lowest BCUT2D eigenvalue weighted by molar-refractivity contribution is -0.111. The Balaban J connectivity index is 2.24. The molecule has 110 valence electrons. The van der Waals surface area contributed by atoms with E-state index < -0.39 is 5.56 Å². The van der Waals surface area contributed by atoms with E-state index in [4.69, 9.17) is 0 Å². The van der Waals surface area contributed by atoms with Gasteiger partial charge in [-0.3, -0.25) is 9.59 Å². The van der Waals surface area contributed by atoms with Crippen LogP contribution in [0.25, 0.3) is 11.3 Å². The van der Waals surface area contributed by atoms with Crippen LogP contribution in [0.2, 0.25) is 0 Å². The molecule has 0 atom stereocenters. The summed E-state index contributed by atoms with van der Waals surface area (Å²) in [6, 6.07) is 9.40. The Labute approximate surface area is 131 Å². The first kappa shape index (κ1) is 14.4. The highest BCUT2D eigenvalue weighted by atomic mass is 32.2. The van der Waals surface area contributed by atoms with Gasteiger partial charge >= 0.3 is 0 Å². The number of nitrogens with zero attached hydrogens (tertiary/aromatic N) is 4. The van der Waals surface area contributed by atoms with Crippen LogP contribution in [0.1, 0.15) is 5.56 Å². The summed E-state index contributed by atoms with van der Waals surface area (Å²) in [5, 5.41) is 9.56. The summed E-state index contributed by atoms with van der Waals surface area (Å²) in [6.07, 6.45) is 0. The van der Waals surface area contributed by atoms with Gasteiger partial charge in [-0.2, -0.15) is 10.2 Å². The molecular weight excluding hydrogens is 300 g/mol. The van der Waals surface area contributed by atoms with Crippen molar-refractivity contribution < 1.29 is 4.79 Å². The van der Waals surface area contributed by atoms with Crippen LogP contribution in [0.4, 0.5) is 5.69 Å². The molecule has 0 bridgehead atoms. The van der Waals surface area contributed by atoms with Crippen LogP contribution >= 0.6 is 11.8 Å². The predicted octanol–water partition coefficient (Wildman–Crippen LogP) is 1.48. The Morgan fingerprint density at radius 2 is 1.95 bits per heavy atom. The van der Waals surface area contributed by atoms with E-state index >= 15 is 0 Å². The lowest BCUT2D eigenvalue weighted by Gasteiger charge is -2.15. The van der Waals surface area contributed by atoms with E-state index in [0.717, 1.165) is 23.0 Å². The normalized spacial score (nSPS) is 12.9. The van der Waals surface area contributed by atoms with Crippen LogP contribution in [0, 0.1) is 11.3 Å². The maximum absolute atomic E-state index is 12.0. The molecule has 3 rings (SSSR count). The standard InChI is InChI=1S/C15H12N4O2S/c1-18(2)10-5-3-9(4-6-10)13-11(7-16)14(21)17-15-19(13)8-12(20)22-15/h3-6H,8H2,1-2H3. The maximum Gasteiger partial charge on any atom is 0.292 e. The Morgan fingerprint density at radius 3 is 2.55 bits per heavy atom. The molecule has 0 amide bonds. The summed E-state index contributed by atoms with van der Waals surface area (Å²) in [7, 11) is 3.86. The fraction of sp³-hybridized carbons (Fsp3) is 0.200. The second-order valence-electron chi connectivity index (χ2n) is 5.04. The van der Waals surface area contributed by atoms with Gasteiger partial charge in [-0.15, -0.1) is 0 Å². The van der Waals surface area contributed by atoms with Crippen molar-refractivity contribution in [3.8, 4) is 17.3 Å². The average molecular weight is 312 g/mol. The lowest BCUT2D eigenvalue weighted by Crippen LogP contribution is -2.19. The number of aromatic nitrogens is 2. The van der Waals surface area contributed by atoms with Gasteiger partial charge in [-0.05, 0) is 29.5 Å². The van der Waals surface area contributed by atoms with Crippen molar-refractivity contribution in [1.82, 2.24) is 9.55 Å². The SMILES string of the molecule is CN(C)c1ccc(-c2c(C#N)c(=O)nc3n2CC(=O)S3)cc1. The monoisotopic (exact) mass is 312 g/mol. The van der Waals surface area contributed by atoms with Crippen molar-refractivity contribution in [2.45, 2.75) is 11.7 Å². The number of fused-ring (bicyclic) bond motifs is 1. The Bertz CT molecular complexity index is 863. The summed E-state index contributed by atoms with van der Waals surface area (Å²) < 4.78 is 1.64. The minimum Gasteiger partial charge on any atom is -0.378 e. The smallest absolute Gasteiger partial charge is 0.292 e. The molecule has 0 fully saturated rings. The second-order valence-corrected chi connectivity index (χ2v) is 6.06. The fourth-order valence-electron chi connectivity index (χ4n) is 2.34. The van der Waals surface area contributed by atoms with Gasteiger partial charge in [0.05, 0.1) is 12.2 Å². The molecule has 2 heterocycles. The molecule has 1 aliphatic rings. The Morgan fingerprint density at radius 1 is 1.27 bits per heavy atom. The first-order chi connectivity index (χ1) is 10.5. The van der Waals surface area contributed by atoms with Crippen LogP contribution in [-0.2, 0) is 11.3 Å². The number of benzene rings is 1. The van der Waals surface area contributed by atoms with Gasteiger partial charge < -0.3 is 9.47 Å². The third kappa shape index (κ3) is 2.27. The number of thioether (sulfide) groups is 1. The molecule has 1 aromatic heterocycles. The third-order valence-corrected chi connectivity index (χ3v) is 4.26. The van der Waals surface area contributed by atoms with E-state index in [0.29, 0.717) is 10.9 Å². The number of carbonyl (C=O) groups excluding carboxylic acids is 1. The van der Waals surface area contributed by atoms with Gasteiger partial charge in [0, 0.05) is 19.8 Å². The predicted molar refractivity (Wildman–Crippen MR) is 83.8 cm³/mol. The van der Waals surface area contributed by atoms with Gasteiger partial charge in [0.1, 0.15) is 11.6 Å². The highest BCUT2D eigenvalue weighted by molar-refractivity contribution is 8.13. The number of rotatable bonds is 2. The summed E-state index contributed by atoms with van der Waals surface area (Å²) >= 11 is 0.937. The van der Waals surface area contributed by atoms with E-state index in [2.05, 4.69) is 4.98 Å². The van der Waals surface area contributed by atoms with Gasteiger partial charge in [-0.25, -0.2) is 0 Å². The van der Waals surface area contributed by atoms with E-state index in [1.54, 1.807) is 4.57 Å². The Kier molecular flexibility index (Phi) is 3.47. The minimum absolute atomic E-state index is 0.0309. The van der Waals surface area contributed by atoms with Crippen LogP contribution in [0.15, 0.2) is 34.2 Å². The molecule has 0 spiro atoms. The van der Waals surface area contributed by atoms with Crippen molar-refractivity contribution >= 4 is 22.6 Å². The maximum atomic E-state index is 12.0. The molecule has 0 saturated carbocycles. The molecule has 2 aromatic rings. The zero-order chi connectivity index (χ0) is 15.9. The number of hydrogen-bond acceptors (Lipinski definition) is 6. The molecule has 1 aliphatic heterocycles. The third-order valence-electron chi connectivity index (χ3n) is 3.41. The van der Waals surface area contributed by atoms with Crippen molar-refractivity contribution in [2.75, 3.05) is 19.0 Å². The van der Waals surface area contributed by atoms with Crippen LogP contribution < -0.4 is 10.5 Å². The Hall–Kier alpha value is -2.59. The van der Waals surface area contributed by atoms with Gasteiger partial charge in [0.2, 0.25) is 5.12 Å². The van der Waals surface area contributed by atoms with Crippen molar-refractivity contribution in [3.05, 3.63) is 40.2 Å². The quantitative estimate of drug-likeness (QED) is 0.782. The van der Waals surface area contributed by atoms with Crippen molar-refractivity contribution in [3.63, 3.8) is 0 Å².